The SMILES string of the molecule is Cc1nn(C)c(C)c1CNCC(C)(C)CN(C)C. The van der Waals surface area contributed by atoms with Gasteiger partial charge in [-0.15, -0.1) is 0 Å². The van der Waals surface area contributed by atoms with Crippen LogP contribution in [0.25, 0.3) is 0 Å². The van der Waals surface area contributed by atoms with Gasteiger partial charge in [-0.05, 0) is 33.4 Å². The molecule has 1 aromatic heterocycles. The van der Waals surface area contributed by atoms with Crippen molar-refractivity contribution >= 4 is 0 Å². The molecule has 0 aromatic carbocycles. The largest absolute Gasteiger partial charge is 0.312 e. The highest BCUT2D eigenvalue weighted by atomic mass is 15.3. The zero-order chi connectivity index (χ0) is 13.9. The Balaban J connectivity index is 2.51. The molecule has 18 heavy (non-hydrogen) atoms. The molecule has 0 spiro atoms. The molecule has 104 valence electrons. The standard InChI is InChI=1S/C14H28N4/c1-11-13(12(2)18(7)16-11)8-15-9-14(3,4)10-17(5)6/h15H,8-10H2,1-7H3. The van der Waals surface area contributed by atoms with Gasteiger partial charge in [0.1, 0.15) is 0 Å². The normalized spacial score (nSPS) is 12.4. The molecule has 0 aliphatic heterocycles. The molecule has 0 saturated carbocycles. The number of nitrogens with zero attached hydrogens (tertiary/aromatic N) is 3. The molecule has 1 rings (SSSR count). The molecular weight excluding hydrogens is 224 g/mol. The van der Waals surface area contributed by atoms with Crippen LogP contribution >= 0.6 is 0 Å². The van der Waals surface area contributed by atoms with Crippen molar-refractivity contribution in [3.8, 4) is 0 Å². The number of aromatic nitrogens is 2. The van der Waals surface area contributed by atoms with Crippen molar-refractivity contribution in [2.45, 2.75) is 34.2 Å². The van der Waals surface area contributed by atoms with E-state index in [4.69, 9.17) is 0 Å². The molecule has 1 aromatic rings. The molecule has 1 heterocycles. The van der Waals surface area contributed by atoms with Crippen molar-refractivity contribution in [3.63, 3.8) is 0 Å². The molecule has 0 unspecified atom stereocenters. The van der Waals surface area contributed by atoms with Crippen LogP contribution in [0.2, 0.25) is 0 Å². The number of rotatable bonds is 6. The van der Waals surface area contributed by atoms with Gasteiger partial charge in [-0.25, -0.2) is 0 Å². The van der Waals surface area contributed by atoms with Crippen LogP contribution in [0.1, 0.15) is 30.8 Å². The third-order valence-corrected chi connectivity index (χ3v) is 3.31. The Morgan fingerprint density at radius 1 is 1.28 bits per heavy atom. The fourth-order valence-corrected chi connectivity index (χ4v) is 2.51. The van der Waals surface area contributed by atoms with Gasteiger partial charge in [-0.3, -0.25) is 4.68 Å². The average molecular weight is 252 g/mol. The van der Waals surface area contributed by atoms with Crippen LogP contribution in [0.5, 0.6) is 0 Å². The lowest BCUT2D eigenvalue weighted by molar-refractivity contribution is 0.232. The highest BCUT2D eigenvalue weighted by Gasteiger charge is 2.18. The van der Waals surface area contributed by atoms with Crippen molar-refractivity contribution in [3.05, 3.63) is 17.0 Å². The highest BCUT2D eigenvalue weighted by Crippen LogP contribution is 2.16. The summed E-state index contributed by atoms with van der Waals surface area (Å²) in [6, 6.07) is 0. The third kappa shape index (κ3) is 4.10. The van der Waals surface area contributed by atoms with Gasteiger partial charge in [-0.1, -0.05) is 13.8 Å². The topological polar surface area (TPSA) is 33.1 Å². The minimum Gasteiger partial charge on any atom is -0.312 e. The first-order chi connectivity index (χ1) is 8.23. The highest BCUT2D eigenvalue weighted by molar-refractivity contribution is 5.23. The summed E-state index contributed by atoms with van der Waals surface area (Å²) in [7, 11) is 6.25. The van der Waals surface area contributed by atoms with E-state index < -0.39 is 0 Å². The van der Waals surface area contributed by atoms with Gasteiger partial charge < -0.3 is 10.2 Å². The second-order valence-corrected chi connectivity index (χ2v) is 6.28. The quantitative estimate of drug-likeness (QED) is 0.837. The molecule has 4 heteroatoms. The average Bonchev–Trinajstić information content (AvgIpc) is 2.42. The van der Waals surface area contributed by atoms with Crippen LogP contribution in [0.4, 0.5) is 0 Å². The van der Waals surface area contributed by atoms with Crippen LogP contribution in [-0.4, -0.2) is 41.9 Å². The summed E-state index contributed by atoms with van der Waals surface area (Å²) in [6.45, 7) is 11.8. The summed E-state index contributed by atoms with van der Waals surface area (Å²) in [5.74, 6) is 0. The van der Waals surface area contributed by atoms with Gasteiger partial charge in [-0.2, -0.15) is 5.10 Å². The van der Waals surface area contributed by atoms with Crippen molar-refractivity contribution < 1.29 is 0 Å². The smallest absolute Gasteiger partial charge is 0.0641 e. The van der Waals surface area contributed by atoms with Crippen LogP contribution in [-0.2, 0) is 13.6 Å². The summed E-state index contributed by atoms with van der Waals surface area (Å²) in [6.07, 6.45) is 0. The monoisotopic (exact) mass is 252 g/mol. The van der Waals surface area contributed by atoms with Crippen LogP contribution in [0.15, 0.2) is 0 Å². The Morgan fingerprint density at radius 3 is 2.33 bits per heavy atom. The molecule has 1 N–H and O–H groups in total. The summed E-state index contributed by atoms with van der Waals surface area (Å²) in [5, 5.41) is 8.00. The maximum absolute atomic E-state index is 4.44. The van der Waals surface area contributed by atoms with Gasteiger partial charge in [0, 0.05) is 37.9 Å². The fourth-order valence-electron chi connectivity index (χ4n) is 2.51. The molecule has 0 atom stereocenters. The Kier molecular flexibility index (Phi) is 4.93. The van der Waals surface area contributed by atoms with Crippen molar-refractivity contribution in [1.29, 1.82) is 0 Å². The molecule has 0 amide bonds. The van der Waals surface area contributed by atoms with E-state index in [0.29, 0.717) is 0 Å². The molecule has 4 nitrogen and oxygen atoms in total. The molecule has 0 radical (unpaired) electrons. The summed E-state index contributed by atoms with van der Waals surface area (Å²) in [4.78, 5) is 2.24. The molecule has 0 bridgehead atoms. The van der Waals surface area contributed by atoms with Gasteiger partial charge in [0.05, 0.1) is 5.69 Å². The number of hydrogen-bond acceptors (Lipinski definition) is 3. The maximum Gasteiger partial charge on any atom is 0.0641 e. The first-order valence-corrected chi connectivity index (χ1v) is 6.57. The van der Waals surface area contributed by atoms with Crippen molar-refractivity contribution in [2.24, 2.45) is 12.5 Å². The van der Waals surface area contributed by atoms with E-state index in [1.54, 1.807) is 0 Å². The zero-order valence-corrected chi connectivity index (χ0v) is 13.0. The van der Waals surface area contributed by atoms with E-state index in [9.17, 15) is 0 Å². The Labute approximate surface area is 111 Å². The number of aryl methyl sites for hydroxylation is 2. The molecule has 0 aliphatic rings. The van der Waals surface area contributed by atoms with E-state index >= 15 is 0 Å². The van der Waals surface area contributed by atoms with Gasteiger partial charge in [0.15, 0.2) is 0 Å². The Hall–Kier alpha value is -0.870. The molecule has 0 fully saturated rings. The maximum atomic E-state index is 4.44. The van der Waals surface area contributed by atoms with Crippen LogP contribution in [0.3, 0.4) is 0 Å². The van der Waals surface area contributed by atoms with Crippen LogP contribution < -0.4 is 5.32 Å². The van der Waals surface area contributed by atoms with Gasteiger partial charge in [0.25, 0.3) is 0 Å². The number of hydrogen-bond donors (Lipinski definition) is 1. The fraction of sp³-hybridized carbons (Fsp3) is 0.786. The minimum atomic E-state index is 0.285. The van der Waals surface area contributed by atoms with E-state index in [1.807, 2.05) is 11.7 Å². The summed E-state index contributed by atoms with van der Waals surface area (Å²) >= 11 is 0. The first kappa shape index (κ1) is 15.2. The molecule has 0 aliphatic carbocycles. The van der Waals surface area contributed by atoms with E-state index in [0.717, 1.165) is 25.3 Å². The molecule has 0 saturated heterocycles. The van der Waals surface area contributed by atoms with E-state index in [-0.39, 0.29) is 5.41 Å². The lowest BCUT2D eigenvalue weighted by Gasteiger charge is -2.28. The Morgan fingerprint density at radius 2 is 1.89 bits per heavy atom. The van der Waals surface area contributed by atoms with E-state index in [1.165, 1.54) is 11.3 Å². The minimum absolute atomic E-state index is 0.285. The second-order valence-electron chi connectivity index (χ2n) is 6.28. The lowest BCUT2D eigenvalue weighted by Crippen LogP contribution is -2.37. The van der Waals surface area contributed by atoms with Crippen molar-refractivity contribution in [1.82, 2.24) is 20.0 Å². The van der Waals surface area contributed by atoms with Crippen LogP contribution in [0, 0.1) is 19.3 Å². The third-order valence-electron chi connectivity index (χ3n) is 3.31. The zero-order valence-electron chi connectivity index (χ0n) is 13.0. The second kappa shape index (κ2) is 5.85. The predicted molar refractivity (Wildman–Crippen MR) is 76.7 cm³/mol. The van der Waals surface area contributed by atoms with Gasteiger partial charge in [0.2, 0.25) is 0 Å². The molecular formula is C14H28N4. The first-order valence-electron chi connectivity index (χ1n) is 6.57. The predicted octanol–water partition coefficient (Wildman–Crippen LogP) is 1.71. The van der Waals surface area contributed by atoms with Gasteiger partial charge >= 0.3 is 0 Å². The Bertz CT molecular complexity index is 391. The summed E-state index contributed by atoms with van der Waals surface area (Å²) in [5.41, 5.74) is 4.00. The summed E-state index contributed by atoms with van der Waals surface area (Å²) < 4.78 is 1.96. The number of nitrogens with one attached hydrogen (secondary N) is 1. The van der Waals surface area contributed by atoms with E-state index in [2.05, 4.69) is 57.1 Å². The van der Waals surface area contributed by atoms with Crippen molar-refractivity contribution in [2.75, 3.05) is 27.2 Å². The lowest BCUT2D eigenvalue weighted by atomic mass is 9.93.